The molecular weight excluding hydrogens is 320 g/mol. The first-order valence-electron chi connectivity index (χ1n) is 7.76. The molecule has 3 aromatic rings. The van der Waals surface area contributed by atoms with Crippen LogP contribution < -0.4 is 14.8 Å². The summed E-state index contributed by atoms with van der Waals surface area (Å²) >= 11 is 0. The Morgan fingerprint density at radius 2 is 1.64 bits per heavy atom. The van der Waals surface area contributed by atoms with Crippen LogP contribution >= 0.6 is 0 Å². The topological polar surface area (TPSA) is 78.3 Å². The maximum Gasteiger partial charge on any atom is 0.251 e. The Hall–Kier alpha value is -3.35. The molecule has 1 amide bonds. The average molecular weight is 338 g/mol. The minimum absolute atomic E-state index is 0.145. The highest BCUT2D eigenvalue weighted by molar-refractivity contribution is 5.94. The van der Waals surface area contributed by atoms with Gasteiger partial charge in [-0.15, -0.1) is 10.2 Å². The summed E-state index contributed by atoms with van der Waals surface area (Å²) in [5, 5.41) is 10.3. The van der Waals surface area contributed by atoms with Crippen LogP contribution in [-0.4, -0.2) is 40.9 Å². The van der Waals surface area contributed by atoms with E-state index < -0.39 is 0 Å². The molecule has 25 heavy (non-hydrogen) atoms. The van der Waals surface area contributed by atoms with E-state index in [-0.39, 0.29) is 5.91 Å². The van der Waals surface area contributed by atoms with Crippen molar-refractivity contribution in [2.45, 2.75) is 0 Å². The van der Waals surface area contributed by atoms with Crippen LogP contribution in [-0.2, 0) is 0 Å². The minimum Gasteiger partial charge on any atom is -0.497 e. The van der Waals surface area contributed by atoms with Crippen LogP contribution in [0.25, 0.3) is 5.69 Å². The molecule has 0 aliphatic carbocycles. The summed E-state index contributed by atoms with van der Waals surface area (Å²) in [6, 6.07) is 14.5. The van der Waals surface area contributed by atoms with Gasteiger partial charge in [-0.2, -0.15) is 0 Å². The minimum atomic E-state index is -0.145. The Kier molecular flexibility index (Phi) is 5.26. The first-order chi connectivity index (χ1) is 12.3. The van der Waals surface area contributed by atoms with Gasteiger partial charge in [-0.3, -0.25) is 9.36 Å². The molecule has 1 heterocycles. The maximum atomic E-state index is 12.1. The summed E-state index contributed by atoms with van der Waals surface area (Å²) in [6.45, 7) is 0.801. The Morgan fingerprint density at radius 1 is 1.00 bits per heavy atom. The number of ether oxygens (including phenoxy) is 2. The zero-order chi connectivity index (χ0) is 17.5. The number of nitrogens with zero attached hydrogens (tertiary/aromatic N) is 3. The number of benzene rings is 2. The van der Waals surface area contributed by atoms with Gasteiger partial charge in [0.05, 0.1) is 13.7 Å². The number of methoxy groups -OCH3 is 1. The number of amides is 1. The van der Waals surface area contributed by atoms with Crippen molar-refractivity contribution in [2.24, 2.45) is 0 Å². The van der Waals surface area contributed by atoms with Gasteiger partial charge in [-0.25, -0.2) is 0 Å². The van der Waals surface area contributed by atoms with Gasteiger partial charge < -0.3 is 14.8 Å². The first-order valence-corrected chi connectivity index (χ1v) is 7.76. The van der Waals surface area contributed by atoms with Crippen LogP contribution in [0.3, 0.4) is 0 Å². The van der Waals surface area contributed by atoms with E-state index in [1.54, 1.807) is 36.5 Å². The molecule has 0 aliphatic heterocycles. The number of aromatic nitrogens is 3. The standard InChI is InChI=1S/C18H18N4O3/c1-24-16-6-8-17(9-7-16)25-11-10-19-18(23)14-2-4-15(5-3-14)22-12-20-21-13-22/h2-9,12-13H,10-11H2,1H3,(H,19,23). The van der Waals surface area contributed by atoms with Crippen LogP contribution in [0, 0.1) is 0 Å². The van der Waals surface area contributed by atoms with Crippen molar-refractivity contribution >= 4 is 5.91 Å². The van der Waals surface area contributed by atoms with E-state index in [4.69, 9.17) is 9.47 Å². The second kappa shape index (κ2) is 7.96. The van der Waals surface area contributed by atoms with Gasteiger partial charge in [-0.05, 0) is 48.5 Å². The first kappa shape index (κ1) is 16.5. The second-order valence-corrected chi connectivity index (χ2v) is 5.20. The molecule has 0 bridgehead atoms. The summed E-state index contributed by atoms with van der Waals surface area (Å²) in [5.74, 6) is 1.36. The monoisotopic (exact) mass is 338 g/mol. The number of rotatable bonds is 7. The normalized spacial score (nSPS) is 10.3. The Balaban J connectivity index is 1.45. The largest absolute Gasteiger partial charge is 0.497 e. The fourth-order valence-electron chi connectivity index (χ4n) is 2.23. The molecule has 0 aliphatic rings. The maximum absolute atomic E-state index is 12.1. The third-order valence-corrected chi connectivity index (χ3v) is 3.56. The average Bonchev–Trinajstić information content (AvgIpc) is 3.20. The molecule has 0 atom stereocenters. The molecule has 2 aromatic carbocycles. The van der Waals surface area contributed by atoms with Crippen LogP contribution in [0.5, 0.6) is 11.5 Å². The Morgan fingerprint density at radius 3 is 2.28 bits per heavy atom. The molecule has 7 nitrogen and oxygen atoms in total. The lowest BCUT2D eigenvalue weighted by molar-refractivity contribution is 0.0947. The van der Waals surface area contributed by atoms with E-state index in [0.717, 1.165) is 17.2 Å². The third-order valence-electron chi connectivity index (χ3n) is 3.56. The molecular formula is C18H18N4O3. The lowest BCUT2D eigenvalue weighted by Crippen LogP contribution is -2.28. The highest BCUT2D eigenvalue weighted by Crippen LogP contribution is 2.16. The summed E-state index contributed by atoms with van der Waals surface area (Å²) in [6.07, 6.45) is 3.21. The van der Waals surface area contributed by atoms with Crippen molar-refractivity contribution in [1.82, 2.24) is 20.1 Å². The van der Waals surface area contributed by atoms with Crippen molar-refractivity contribution in [3.8, 4) is 17.2 Å². The van der Waals surface area contributed by atoms with Gasteiger partial charge in [-0.1, -0.05) is 0 Å². The molecule has 0 radical (unpaired) electrons. The summed E-state index contributed by atoms with van der Waals surface area (Å²) in [5.41, 5.74) is 1.48. The quantitative estimate of drug-likeness (QED) is 0.667. The van der Waals surface area contributed by atoms with E-state index in [2.05, 4.69) is 15.5 Å². The highest BCUT2D eigenvalue weighted by Gasteiger charge is 2.05. The van der Waals surface area contributed by atoms with Gasteiger partial charge in [0, 0.05) is 11.3 Å². The molecule has 0 spiro atoms. The molecule has 0 fully saturated rings. The van der Waals surface area contributed by atoms with E-state index in [9.17, 15) is 4.79 Å². The molecule has 128 valence electrons. The Bertz CT molecular complexity index is 799. The second-order valence-electron chi connectivity index (χ2n) is 5.20. The molecule has 3 rings (SSSR count). The Labute approximate surface area is 145 Å². The van der Waals surface area contributed by atoms with E-state index in [0.29, 0.717) is 18.7 Å². The number of carbonyl (C=O) groups is 1. The van der Waals surface area contributed by atoms with Gasteiger partial charge in [0.1, 0.15) is 30.8 Å². The SMILES string of the molecule is COc1ccc(OCCNC(=O)c2ccc(-n3cnnc3)cc2)cc1. The molecule has 0 saturated carbocycles. The molecule has 0 unspecified atom stereocenters. The fourth-order valence-corrected chi connectivity index (χ4v) is 2.23. The van der Waals surface area contributed by atoms with Crippen molar-refractivity contribution in [3.63, 3.8) is 0 Å². The zero-order valence-electron chi connectivity index (χ0n) is 13.8. The lowest BCUT2D eigenvalue weighted by atomic mass is 10.2. The smallest absolute Gasteiger partial charge is 0.251 e. The van der Waals surface area contributed by atoms with E-state index in [1.165, 1.54) is 0 Å². The summed E-state index contributed by atoms with van der Waals surface area (Å²) < 4.78 is 12.4. The van der Waals surface area contributed by atoms with Crippen LogP contribution in [0.1, 0.15) is 10.4 Å². The predicted octanol–water partition coefficient (Wildman–Crippen LogP) is 2.08. The van der Waals surface area contributed by atoms with E-state index in [1.807, 2.05) is 36.4 Å². The predicted molar refractivity (Wildman–Crippen MR) is 92.2 cm³/mol. The number of hydrogen-bond acceptors (Lipinski definition) is 5. The molecule has 1 N–H and O–H groups in total. The number of hydrogen-bond donors (Lipinski definition) is 1. The van der Waals surface area contributed by atoms with Gasteiger partial charge in [0.25, 0.3) is 5.91 Å². The van der Waals surface area contributed by atoms with Gasteiger partial charge in [0.2, 0.25) is 0 Å². The van der Waals surface area contributed by atoms with Gasteiger partial charge in [0.15, 0.2) is 0 Å². The van der Waals surface area contributed by atoms with E-state index >= 15 is 0 Å². The third kappa shape index (κ3) is 4.35. The lowest BCUT2D eigenvalue weighted by Gasteiger charge is -2.09. The molecule has 0 saturated heterocycles. The van der Waals surface area contributed by atoms with Crippen LogP contribution in [0.15, 0.2) is 61.2 Å². The number of nitrogens with one attached hydrogen (secondary N) is 1. The number of carbonyl (C=O) groups excluding carboxylic acids is 1. The van der Waals surface area contributed by atoms with Crippen LogP contribution in [0.2, 0.25) is 0 Å². The summed E-state index contributed by atoms with van der Waals surface area (Å²) in [4.78, 5) is 12.1. The van der Waals surface area contributed by atoms with Gasteiger partial charge >= 0.3 is 0 Å². The van der Waals surface area contributed by atoms with Crippen molar-refractivity contribution in [3.05, 3.63) is 66.7 Å². The van der Waals surface area contributed by atoms with Crippen LogP contribution in [0.4, 0.5) is 0 Å². The fraction of sp³-hybridized carbons (Fsp3) is 0.167. The summed E-state index contributed by atoms with van der Waals surface area (Å²) in [7, 11) is 1.62. The zero-order valence-corrected chi connectivity index (χ0v) is 13.8. The van der Waals surface area contributed by atoms with Crippen molar-refractivity contribution in [2.75, 3.05) is 20.3 Å². The van der Waals surface area contributed by atoms with Crippen molar-refractivity contribution in [1.29, 1.82) is 0 Å². The molecule has 7 heteroatoms. The molecule has 1 aromatic heterocycles. The highest BCUT2D eigenvalue weighted by atomic mass is 16.5. The van der Waals surface area contributed by atoms with Crippen molar-refractivity contribution < 1.29 is 14.3 Å².